The lowest BCUT2D eigenvalue weighted by atomic mass is 10.3. The summed E-state index contributed by atoms with van der Waals surface area (Å²) < 4.78 is 7.25. The summed E-state index contributed by atoms with van der Waals surface area (Å²) in [7, 11) is -1.45. The lowest BCUT2D eigenvalue weighted by molar-refractivity contribution is 0.574. The van der Waals surface area contributed by atoms with Gasteiger partial charge in [0.2, 0.25) is 8.32 Å². The lowest BCUT2D eigenvalue weighted by Crippen LogP contribution is -2.28. The maximum Gasteiger partial charge on any atom is 0.243 e. The quantitative estimate of drug-likeness (QED) is 0.695. The second-order valence-corrected chi connectivity index (χ2v) is 9.79. The first-order chi connectivity index (χ1) is 6.54. The molecule has 0 atom stereocenters. The zero-order valence-corrected chi connectivity index (χ0v) is 10.5. The van der Waals surface area contributed by atoms with Crippen molar-refractivity contribution in [1.29, 1.82) is 0 Å². The van der Waals surface area contributed by atoms with Gasteiger partial charge in [-0.05, 0) is 37.2 Å². The van der Waals surface area contributed by atoms with Crippen LogP contribution >= 0.6 is 11.3 Å². The molecule has 0 saturated carbocycles. The highest BCUT2D eigenvalue weighted by Gasteiger charge is 2.17. The van der Waals surface area contributed by atoms with Crippen LogP contribution in [0.15, 0.2) is 30.3 Å². The smallest absolute Gasteiger partial charge is 0.243 e. The van der Waals surface area contributed by atoms with Crippen LogP contribution < -0.4 is 4.43 Å². The van der Waals surface area contributed by atoms with Gasteiger partial charge in [-0.2, -0.15) is 0 Å². The van der Waals surface area contributed by atoms with Crippen LogP contribution in [-0.4, -0.2) is 8.32 Å². The van der Waals surface area contributed by atoms with Crippen molar-refractivity contribution >= 4 is 29.7 Å². The fourth-order valence-electron chi connectivity index (χ4n) is 1.31. The molecule has 74 valence electrons. The summed E-state index contributed by atoms with van der Waals surface area (Å²) in [5, 5.41) is 2.34. The van der Waals surface area contributed by atoms with Crippen LogP contribution in [0, 0.1) is 0 Å². The van der Waals surface area contributed by atoms with Crippen LogP contribution in [0.3, 0.4) is 0 Å². The Balaban J connectivity index is 2.36. The number of hydrogen-bond acceptors (Lipinski definition) is 2. The van der Waals surface area contributed by atoms with E-state index in [2.05, 4.69) is 50.0 Å². The van der Waals surface area contributed by atoms with Gasteiger partial charge in [-0.1, -0.05) is 18.2 Å². The minimum absolute atomic E-state index is 1.06. The monoisotopic (exact) mass is 222 g/mol. The predicted octanol–water partition coefficient (Wildman–Crippen LogP) is 4.12. The first kappa shape index (κ1) is 9.74. The van der Waals surface area contributed by atoms with E-state index in [1.165, 1.54) is 10.1 Å². The molecule has 0 aliphatic rings. The summed E-state index contributed by atoms with van der Waals surface area (Å²) in [4.78, 5) is 0. The molecule has 1 heterocycles. The van der Waals surface area contributed by atoms with E-state index in [-0.39, 0.29) is 0 Å². The number of rotatable bonds is 2. The highest BCUT2D eigenvalue weighted by Crippen LogP contribution is 2.32. The van der Waals surface area contributed by atoms with Gasteiger partial charge in [0.25, 0.3) is 0 Å². The van der Waals surface area contributed by atoms with Gasteiger partial charge >= 0.3 is 0 Å². The Hall–Kier alpha value is -0.803. The molecule has 0 N–H and O–H groups in total. The summed E-state index contributed by atoms with van der Waals surface area (Å²) >= 11 is 1.74. The van der Waals surface area contributed by atoms with Crippen molar-refractivity contribution in [2.45, 2.75) is 19.6 Å². The summed E-state index contributed by atoms with van der Waals surface area (Å²) in [6.07, 6.45) is 0. The standard InChI is InChI=1S/C11H14OSSi/c1-14(2,3)12-11-8-9-6-4-5-7-10(9)13-11/h4-8H,1-3H3. The molecule has 0 bridgehead atoms. The molecule has 0 radical (unpaired) electrons. The van der Waals surface area contributed by atoms with Gasteiger partial charge in [0.1, 0.15) is 0 Å². The summed E-state index contributed by atoms with van der Waals surface area (Å²) in [6, 6.07) is 10.5. The summed E-state index contributed by atoms with van der Waals surface area (Å²) in [6.45, 7) is 6.62. The van der Waals surface area contributed by atoms with Crippen LogP contribution in [0.2, 0.25) is 19.6 Å². The molecule has 14 heavy (non-hydrogen) atoms. The normalized spacial score (nSPS) is 11.9. The molecule has 0 saturated heterocycles. The Morgan fingerprint density at radius 3 is 2.50 bits per heavy atom. The molecule has 0 aliphatic carbocycles. The lowest BCUT2D eigenvalue weighted by Gasteiger charge is -2.16. The summed E-state index contributed by atoms with van der Waals surface area (Å²) in [5.41, 5.74) is 0. The minimum atomic E-state index is -1.45. The van der Waals surface area contributed by atoms with Crippen LogP contribution in [0.5, 0.6) is 5.06 Å². The van der Waals surface area contributed by atoms with Gasteiger partial charge in [0, 0.05) is 4.70 Å². The van der Waals surface area contributed by atoms with Crippen molar-refractivity contribution < 1.29 is 4.43 Å². The van der Waals surface area contributed by atoms with Crippen molar-refractivity contribution in [1.82, 2.24) is 0 Å². The fraction of sp³-hybridized carbons (Fsp3) is 0.273. The third kappa shape index (κ3) is 2.16. The molecule has 1 nitrogen and oxygen atoms in total. The average Bonchev–Trinajstić information content (AvgIpc) is 2.42. The van der Waals surface area contributed by atoms with Gasteiger partial charge in [-0.25, -0.2) is 0 Å². The molecule has 3 heteroatoms. The van der Waals surface area contributed by atoms with Crippen LogP contribution in [0.1, 0.15) is 0 Å². The van der Waals surface area contributed by atoms with Crippen molar-refractivity contribution in [3.05, 3.63) is 30.3 Å². The molecule has 0 aliphatic heterocycles. The van der Waals surface area contributed by atoms with E-state index < -0.39 is 8.32 Å². The average molecular weight is 222 g/mol. The maximum absolute atomic E-state index is 5.94. The largest absolute Gasteiger partial charge is 0.537 e. The number of fused-ring (bicyclic) bond motifs is 1. The first-order valence-electron chi connectivity index (χ1n) is 4.72. The topological polar surface area (TPSA) is 9.23 Å². The fourth-order valence-corrected chi connectivity index (χ4v) is 3.68. The van der Waals surface area contributed by atoms with Crippen molar-refractivity contribution in [2.24, 2.45) is 0 Å². The van der Waals surface area contributed by atoms with Crippen LogP contribution in [-0.2, 0) is 0 Å². The molecule has 1 aromatic heterocycles. The van der Waals surface area contributed by atoms with Crippen LogP contribution in [0.25, 0.3) is 10.1 Å². The molecule has 0 unspecified atom stereocenters. The highest BCUT2D eigenvalue weighted by molar-refractivity contribution is 7.21. The van der Waals surface area contributed by atoms with Gasteiger partial charge in [0.15, 0.2) is 5.06 Å². The van der Waals surface area contributed by atoms with E-state index in [9.17, 15) is 0 Å². The van der Waals surface area contributed by atoms with Gasteiger partial charge in [-0.15, -0.1) is 11.3 Å². The highest BCUT2D eigenvalue weighted by atomic mass is 32.1. The van der Waals surface area contributed by atoms with E-state index >= 15 is 0 Å². The second kappa shape index (κ2) is 3.40. The SMILES string of the molecule is C[Si](C)(C)Oc1cc2ccccc2s1. The van der Waals surface area contributed by atoms with E-state index in [1.54, 1.807) is 11.3 Å². The van der Waals surface area contributed by atoms with E-state index in [4.69, 9.17) is 4.43 Å². The first-order valence-corrected chi connectivity index (χ1v) is 8.95. The van der Waals surface area contributed by atoms with Gasteiger partial charge in [-0.3, -0.25) is 0 Å². The van der Waals surface area contributed by atoms with E-state index in [0.717, 1.165) is 5.06 Å². The Bertz CT molecular complexity index is 409. The third-order valence-corrected chi connectivity index (χ3v) is 3.78. The Morgan fingerprint density at radius 1 is 1.14 bits per heavy atom. The molecular formula is C11H14OSSi. The Kier molecular flexibility index (Phi) is 2.37. The molecular weight excluding hydrogens is 208 g/mol. The number of benzene rings is 1. The molecule has 0 amide bonds. The Labute approximate surface area is 89.5 Å². The zero-order chi connectivity index (χ0) is 10.2. The number of thiophene rings is 1. The van der Waals surface area contributed by atoms with Crippen molar-refractivity contribution in [3.63, 3.8) is 0 Å². The van der Waals surface area contributed by atoms with Crippen molar-refractivity contribution in [3.8, 4) is 5.06 Å². The van der Waals surface area contributed by atoms with E-state index in [1.807, 2.05) is 0 Å². The number of hydrogen-bond donors (Lipinski definition) is 0. The van der Waals surface area contributed by atoms with Crippen LogP contribution in [0.4, 0.5) is 0 Å². The van der Waals surface area contributed by atoms with Gasteiger partial charge < -0.3 is 4.43 Å². The zero-order valence-electron chi connectivity index (χ0n) is 8.70. The molecule has 1 aromatic carbocycles. The predicted molar refractivity (Wildman–Crippen MR) is 65.8 cm³/mol. The summed E-state index contributed by atoms with van der Waals surface area (Å²) in [5.74, 6) is 0. The molecule has 0 fully saturated rings. The third-order valence-electron chi connectivity index (χ3n) is 1.81. The van der Waals surface area contributed by atoms with Gasteiger partial charge in [0.05, 0.1) is 0 Å². The van der Waals surface area contributed by atoms with Crippen molar-refractivity contribution in [2.75, 3.05) is 0 Å². The van der Waals surface area contributed by atoms with E-state index in [0.29, 0.717) is 0 Å². The second-order valence-electron chi connectivity index (χ2n) is 4.32. The maximum atomic E-state index is 5.94. The minimum Gasteiger partial charge on any atom is -0.537 e. The molecule has 2 rings (SSSR count). The Morgan fingerprint density at radius 2 is 1.86 bits per heavy atom. The molecule has 2 aromatic rings. The molecule has 0 spiro atoms.